The van der Waals surface area contributed by atoms with E-state index >= 15 is 0 Å². The van der Waals surface area contributed by atoms with Crippen LogP contribution in [0.1, 0.15) is 13.3 Å². The maximum absolute atomic E-state index is 13.1. The Hall–Kier alpha value is -2.52. The summed E-state index contributed by atoms with van der Waals surface area (Å²) in [5.74, 6) is -0.430. The molecule has 1 aliphatic heterocycles. The lowest BCUT2D eigenvalue weighted by molar-refractivity contribution is -0.144. The normalized spacial score (nSPS) is 15.7. The van der Waals surface area contributed by atoms with Gasteiger partial charge in [-0.05, 0) is 37.6 Å². The Morgan fingerprint density at radius 2 is 2.04 bits per heavy atom. The van der Waals surface area contributed by atoms with Crippen LogP contribution in [0.15, 0.2) is 30.5 Å². The van der Waals surface area contributed by atoms with Gasteiger partial charge < -0.3 is 9.64 Å². The predicted octanol–water partition coefficient (Wildman–Crippen LogP) is 2.67. The summed E-state index contributed by atoms with van der Waals surface area (Å²) in [4.78, 5) is 21.5. The lowest BCUT2D eigenvalue weighted by Gasteiger charge is -2.20. The molecule has 2 aromatic heterocycles. The van der Waals surface area contributed by atoms with Gasteiger partial charge in [0.2, 0.25) is 10.1 Å². The molecular formula is C19H22FN5O2S. The molecule has 1 aliphatic rings. The van der Waals surface area contributed by atoms with E-state index in [1.807, 2.05) is 13.1 Å². The van der Waals surface area contributed by atoms with E-state index in [0.29, 0.717) is 13.2 Å². The van der Waals surface area contributed by atoms with Crippen molar-refractivity contribution in [2.24, 2.45) is 0 Å². The van der Waals surface area contributed by atoms with Gasteiger partial charge in [0.05, 0.1) is 25.0 Å². The molecule has 28 heavy (non-hydrogen) atoms. The van der Waals surface area contributed by atoms with Crippen LogP contribution in [0.4, 0.5) is 9.52 Å². The minimum atomic E-state index is -0.261. The molecule has 0 aliphatic carbocycles. The van der Waals surface area contributed by atoms with E-state index in [9.17, 15) is 9.18 Å². The van der Waals surface area contributed by atoms with E-state index in [1.165, 1.54) is 23.5 Å². The molecule has 0 saturated carbocycles. The molecule has 1 fully saturated rings. The summed E-state index contributed by atoms with van der Waals surface area (Å²) in [6.45, 7) is 5.93. The van der Waals surface area contributed by atoms with Crippen LogP contribution in [-0.4, -0.2) is 64.8 Å². The SMILES string of the molecule is CCOC(=O)CN1CCCN(c2nn3cc(-c4ccc(F)cc4)nc3s2)CC1. The van der Waals surface area contributed by atoms with Crippen molar-refractivity contribution < 1.29 is 13.9 Å². The minimum absolute atomic E-state index is 0.169. The third kappa shape index (κ3) is 4.15. The number of fused-ring (bicyclic) bond motifs is 1. The van der Waals surface area contributed by atoms with Gasteiger partial charge in [-0.25, -0.2) is 13.9 Å². The molecule has 9 heteroatoms. The zero-order valence-electron chi connectivity index (χ0n) is 15.7. The second kappa shape index (κ2) is 8.24. The van der Waals surface area contributed by atoms with Crippen LogP contribution in [0.3, 0.4) is 0 Å². The highest BCUT2D eigenvalue weighted by Gasteiger charge is 2.21. The molecule has 148 valence electrons. The van der Waals surface area contributed by atoms with Gasteiger partial charge in [-0.2, -0.15) is 0 Å². The standard InChI is InChI=1S/C19H22FN5O2S/c1-2-27-17(26)13-23-8-3-9-24(11-10-23)19-22-25-12-16(21-18(25)28-19)14-4-6-15(20)7-5-14/h4-7,12H,2-3,8-11,13H2,1H3. The number of esters is 1. The predicted molar refractivity (Wildman–Crippen MR) is 106 cm³/mol. The van der Waals surface area contributed by atoms with Gasteiger partial charge in [0.25, 0.3) is 0 Å². The van der Waals surface area contributed by atoms with E-state index in [0.717, 1.165) is 53.9 Å². The number of hydrogen-bond donors (Lipinski definition) is 0. The Bertz CT molecular complexity index is 924. The number of nitrogens with zero attached hydrogens (tertiary/aromatic N) is 5. The Balaban J connectivity index is 1.43. The number of carbonyl (C=O) groups excluding carboxylic acids is 1. The second-order valence-electron chi connectivity index (χ2n) is 6.67. The van der Waals surface area contributed by atoms with Crippen molar-refractivity contribution in [3.8, 4) is 11.3 Å². The Morgan fingerprint density at radius 1 is 1.21 bits per heavy atom. The first-order chi connectivity index (χ1) is 13.6. The van der Waals surface area contributed by atoms with Crippen LogP contribution < -0.4 is 4.90 Å². The van der Waals surface area contributed by atoms with E-state index in [2.05, 4.69) is 19.9 Å². The van der Waals surface area contributed by atoms with Gasteiger partial charge in [0.15, 0.2) is 0 Å². The molecule has 0 N–H and O–H groups in total. The zero-order valence-corrected chi connectivity index (χ0v) is 16.5. The number of imidazole rings is 1. The highest BCUT2D eigenvalue weighted by atomic mass is 32.1. The van der Waals surface area contributed by atoms with Gasteiger partial charge in [0, 0.05) is 31.7 Å². The minimum Gasteiger partial charge on any atom is -0.465 e. The molecule has 0 spiro atoms. The highest BCUT2D eigenvalue weighted by Crippen LogP contribution is 2.27. The number of rotatable bonds is 5. The van der Waals surface area contributed by atoms with Crippen molar-refractivity contribution in [3.05, 3.63) is 36.3 Å². The molecule has 0 amide bonds. The molecule has 3 heterocycles. The number of aromatic nitrogens is 3. The fourth-order valence-electron chi connectivity index (χ4n) is 3.29. The Labute approximate surface area is 166 Å². The monoisotopic (exact) mass is 403 g/mol. The summed E-state index contributed by atoms with van der Waals surface area (Å²) in [6.07, 6.45) is 2.83. The van der Waals surface area contributed by atoms with Crippen LogP contribution in [0.25, 0.3) is 16.2 Å². The Kier molecular flexibility index (Phi) is 5.54. The average molecular weight is 403 g/mol. The number of hydrogen-bond acceptors (Lipinski definition) is 7. The molecule has 4 rings (SSSR count). The summed E-state index contributed by atoms with van der Waals surface area (Å²) in [7, 11) is 0. The van der Waals surface area contributed by atoms with Gasteiger partial charge in [0.1, 0.15) is 5.82 Å². The van der Waals surface area contributed by atoms with Crippen molar-refractivity contribution in [1.29, 1.82) is 0 Å². The fourth-order valence-corrected chi connectivity index (χ4v) is 4.22. The molecule has 0 radical (unpaired) electrons. The number of halogens is 1. The first-order valence-corrected chi connectivity index (χ1v) is 10.2. The van der Waals surface area contributed by atoms with Crippen molar-refractivity contribution in [1.82, 2.24) is 19.5 Å². The largest absolute Gasteiger partial charge is 0.465 e. The van der Waals surface area contributed by atoms with E-state index in [4.69, 9.17) is 4.74 Å². The average Bonchev–Trinajstić information content (AvgIpc) is 3.15. The maximum atomic E-state index is 13.1. The van der Waals surface area contributed by atoms with Crippen LogP contribution in [0.2, 0.25) is 0 Å². The van der Waals surface area contributed by atoms with Gasteiger partial charge in [-0.1, -0.05) is 11.3 Å². The molecule has 0 unspecified atom stereocenters. The Morgan fingerprint density at radius 3 is 2.79 bits per heavy atom. The summed E-state index contributed by atoms with van der Waals surface area (Å²) in [5.41, 5.74) is 1.65. The van der Waals surface area contributed by atoms with Crippen LogP contribution in [0.5, 0.6) is 0 Å². The maximum Gasteiger partial charge on any atom is 0.320 e. The summed E-state index contributed by atoms with van der Waals surface area (Å²) >= 11 is 1.54. The summed E-state index contributed by atoms with van der Waals surface area (Å²) < 4.78 is 19.9. The van der Waals surface area contributed by atoms with E-state index < -0.39 is 0 Å². The number of ether oxygens (including phenoxy) is 1. The molecular weight excluding hydrogens is 381 g/mol. The van der Waals surface area contributed by atoms with E-state index in [1.54, 1.807) is 16.6 Å². The third-order valence-electron chi connectivity index (χ3n) is 4.69. The fraction of sp³-hybridized carbons (Fsp3) is 0.421. The lowest BCUT2D eigenvalue weighted by atomic mass is 10.2. The molecule has 0 bridgehead atoms. The van der Waals surface area contributed by atoms with Gasteiger partial charge in [-0.15, -0.1) is 5.10 Å². The highest BCUT2D eigenvalue weighted by molar-refractivity contribution is 7.20. The quantitative estimate of drug-likeness (QED) is 0.611. The number of anilines is 1. The van der Waals surface area contributed by atoms with Crippen LogP contribution in [0, 0.1) is 5.82 Å². The molecule has 3 aromatic rings. The van der Waals surface area contributed by atoms with Gasteiger partial charge in [-0.3, -0.25) is 9.69 Å². The lowest BCUT2D eigenvalue weighted by Crippen LogP contribution is -2.35. The smallest absolute Gasteiger partial charge is 0.320 e. The molecule has 1 aromatic carbocycles. The molecule has 7 nitrogen and oxygen atoms in total. The number of benzene rings is 1. The molecule has 0 atom stereocenters. The summed E-state index contributed by atoms with van der Waals surface area (Å²) in [6, 6.07) is 6.30. The van der Waals surface area contributed by atoms with Crippen molar-refractivity contribution in [2.45, 2.75) is 13.3 Å². The van der Waals surface area contributed by atoms with Crippen LogP contribution >= 0.6 is 11.3 Å². The summed E-state index contributed by atoms with van der Waals surface area (Å²) in [5, 5.41) is 5.59. The first kappa shape index (κ1) is 18.8. The number of carbonyl (C=O) groups is 1. The van der Waals surface area contributed by atoms with Crippen molar-refractivity contribution in [2.75, 3.05) is 44.2 Å². The molecule has 1 saturated heterocycles. The first-order valence-electron chi connectivity index (χ1n) is 9.37. The third-order valence-corrected chi connectivity index (χ3v) is 5.67. The van der Waals surface area contributed by atoms with Crippen LogP contribution in [-0.2, 0) is 9.53 Å². The van der Waals surface area contributed by atoms with E-state index in [-0.39, 0.29) is 11.8 Å². The zero-order chi connectivity index (χ0) is 19.5. The van der Waals surface area contributed by atoms with Crippen molar-refractivity contribution >= 4 is 27.4 Å². The van der Waals surface area contributed by atoms with Crippen molar-refractivity contribution in [3.63, 3.8) is 0 Å². The second-order valence-corrected chi connectivity index (χ2v) is 7.60. The topological polar surface area (TPSA) is 63.0 Å². The van der Waals surface area contributed by atoms with Gasteiger partial charge >= 0.3 is 5.97 Å².